The number of carbonyl (C=O) groups excluding carboxylic acids is 1. The van der Waals surface area contributed by atoms with Crippen molar-refractivity contribution in [1.82, 2.24) is 20.4 Å². The first-order valence-electron chi connectivity index (χ1n) is 8.85. The molecular formula is C19H14ClFN6OS3. The quantitative estimate of drug-likeness (QED) is 0.316. The fourth-order valence-electron chi connectivity index (χ4n) is 2.42. The number of nitrogens with zero attached hydrogens (tertiary/aromatic N) is 4. The minimum Gasteiger partial charge on any atom is -0.330 e. The molecule has 0 atom stereocenters. The molecule has 0 bridgehead atoms. The van der Waals surface area contributed by atoms with Crippen LogP contribution in [0.4, 0.5) is 20.9 Å². The van der Waals surface area contributed by atoms with Crippen molar-refractivity contribution >= 4 is 68.4 Å². The molecule has 0 aliphatic rings. The number of rotatable bonds is 7. The second kappa shape index (κ2) is 9.69. The number of thioether (sulfide) groups is 1. The van der Waals surface area contributed by atoms with Crippen molar-refractivity contribution < 1.29 is 9.18 Å². The highest BCUT2D eigenvalue weighted by molar-refractivity contribution is 8.00. The van der Waals surface area contributed by atoms with Crippen molar-refractivity contribution in [3.63, 3.8) is 0 Å². The van der Waals surface area contributed by atoms with E-state index in [-0.39, 0.29) is 16.7 Å². The van der Waals surface area contributed by atoms with Crippen LogP contribution >= 0.6 is 46.0 Å². The van der Waals surface area contributed by atoms with Crippen molar-refractivity contribution in [1.29, 1.82) is 0 Å². The number of hydrogen-bond acceptors (Lipinski definition) is 9. The van der Waals surface area contributed by atoms with Crippen LogP contribution in [0.1, 0.15) is 20.4 Å². The molecule has 4 rings (SSSR count). The number of amides is 1. The first-order chi connectivity index (χ1) is 15.0. The van der Waals surface area contributed by atoms with Crippen molar-refractivity contribution in [3.05, 3.63) is 68.9 Å². The number of nitrogens with one attached hydrogen (secondary N) is 2. The van der Waals surface area contributed by atoms with Crippen LogP contribution in [0.25, 0.3) is 0 Å². The van der Waals surface area contributed by atoms with E-state index < -0.39 is 0 Å². The van der Waals surface area contributed by atoms with Gasteiger partial charge >= 0.3 is 0 Å². The molecule has 0 aliphatic carbocycles. The molecule has 4 aromatic rings. The normalized spacial score (nSPS) is 10.8. The van der Waals surface area contributed by atoms with Gasteiger partial charge in [0.15, 0.2) is 4.34 Å². The average Bonchev–Trinajstić information content (AvgIpc) is 3.41. The standard InChI is InChI=1S/C19H14ClFN6OS3/c1-10-13(20)3-2-4-14(10)23-18-26-27-19(31-18)29-9-15-24-25-17(30-15)16(28)22-12-7-5-11(21)6-8-12/h2-8H,9H2,1H3,(H,22,28)(H,23,26). The van der Waals surface area contributed by atoms with E-state index in [9.17, 15) is 9.18 Å². The Morgan fingerprint density at radius 1 is 1.10 bits per heavy atom. The summed E-state index contributed by atoms with van der Waals surface area (Å²) in [5.41, 5.74) is 2.30. The summed E-state index contributed by atoms with van der Waals surface area (Å²) in [7, 11) is 0. The molecule has 12 heteroatoms. The van der Waals surface area contributed by atoms with Crippen molar-refractivity contribution in [2.75, 3.05) is 10.6 Å². The molecule has 0 saturated heterocycles. The second-order valence-corrected chi connectivity index (χ2v) is 9.83. The third-order valence-electron chi connectivity index (χ3n) is 4.00. The highest BCUT2D eigenvalue weighted by atomic mass is 35.5. The Bertz CT molecular complexity index is 1210. The van der Waals surface area contributed by atoms with Gasteiger partial charge in [0.2, 0.25) is 10.1 Å². The van der Waals surface area contributed by atoms with Gasteiger partial charge in [-0.05, 0) is 48.9 Å². The molecule has 2 aromatic heterocycles. The number of anilines is 3. The molecule has 0 unspecified atom stereocenters. The summed E-state index contributed by atoms with van der Waals surface area (Å²) in [5.74, 6) is -0.252. The Kier molecular flexibility index (Phi) is 6.76. The molecule has 2 aromatic carbocycles. The van der Waals surface area contributed by atoms with E-state index in [0.717, 1.165) is 15.6 Å². The molecule has 0 spiro atoms. The summed E-state index contributed by atoms with van der Waals surface area (Å²) in [6, 6.07) is 11.1. The summed E-state index contributed by atoms with van der Waals surface area (Å²) < 4.78 is 13.7. The van der Waals surface area contributed by atoms with Gasteiger partial charge in [-0.2, -0.15) is 0 Å². The van der Waals surface area contributed by atoms with Crippen molar-refractivity contribution in [2.24, 2.45) is 0 Å². The monoisotopic (exact) mass is 492 g/mol. The van der Waals surface area contributed by atoms with Crippen LogP contribution in [0.3, 0.4) is 0 Å². The summed E-state index contributed by atoms with van der Waals surface area (Å²) >= 11 is 10.2. The van der Waals surface area contributed by atoms with Gasteiger partial charge in [0.25, 0.3) is 5.91 Å². The van der Waals surface area contributed by atoms with Crippen molar-refractivity contribution in [2.45, 2.75) is 17.0 Å². The van der Waals surface area contributed by atoms with E-state index in [1.54, 1.807) is 0 Å². The minimum atomic E-state index is -0.389. The zero-order valence-corrected chi connectivity index (χ0v) is 19.1. The van der Waals surface area contributed by atoms with Crippen LogP contribution in [0.5, 0.6) is 0 Å². The largest absolute Gasteiger partial charge is 0.330 e. The number of hydrogen-bond donors (Lipinski definition) is 2. The van der Waals surface area contributed by atoms with Gasteiger partial charge in [-0.1, -0.05) is 52.1 Å². The van der Waals surface area contributed by atoms with E-state index >= 15 is 0 Å². The van der Waals surface area contributed by atoms with Crippen molar-refractivity contribution in [3.8, 4) is 0 Å². The summed E-state index contributed by atoms with van der Waals surface area (Å²) in [5, 5.41) is 24.4. The number of halogens is 2. The Labute approximate surface area is 194 Å². The van der Waals surface area contributed by atoms with Gasteiger partial charge in [0, 0.05) is 16.4 Å². The molecule has 0 aliphatic heterocycles. The van der Waals surface area contributed by atoms with Crippen LogP contribution in [-0.4, -0.2) is 26.3 Å². The summed E-state index contributed by atoms with van der Waals surface area (Å²) in [6.07, 6.45) is 0. The van der Waals surface area contributed by atoms with E-state index in [0.29, 0.717) is 26.6 Å². The summed E-state index contributed by atoms with van der Waals surface area (Å²) in [6.45, 7) is 1.93. The second-order valence-electron chi connectivity index (χ2n) is 6.16. The van der Waals surface area contributed by atoms with Gasteiger partial charge in [-0.3, -0.25) is 4.79 Å². The van der Waals surface area contributed by atoms with Crippen LogP contribution in [-0.2, 0) is 5.75 Å². The molecule has 2 N–H and O–H groups in total. The molecule has 0 fully saturated rings. The van der Waals surface area contributed by atoms with E-state index in [1.165, 1.54) is 58.7 Å². The lowest BCUT2D eigenvalue weighted by molar-refractivity contribution is 0.102. The summed E-state index contributed by atoms with van der Waals surface area (Å²) in [4.78, 5) is 12.3. The fraction of sp³-hybridized carbons (Fsp3) is 0.105. The van der Waals surface area contributed by atoms with E-state index in [1.807, 2.05) is 25.1 Å². The number of aromatic nitrogens is 4. The van der Waals surface area contributed by atoms with Gasteiger partial charge in [-0.15, -0.1) is 20.4 Å². The van der Waals surface area contributed by atoms with Gasteiger partial charge < -0.3 is 10.6 Å². The Hall–Kier alpha value is -2.60. The molecule has 1 amide bonds. The van der Waals surface area contributed by atoms with E-state index in [2.05, 4.69) is 31.0 Å². The maximum Gasteiger partial charge on any atom is 0.286 e. The lowest BCUT2D eigenvalue weighted by atomic mass is 10.2. The predicted octanol–water partition coefficient (Wildman–Crippen LogP) is 5.78. The molecule has 0 radical (unpaired) electrons. The molecule has 2 heterocycles. The SMILES string of the molecule is Cc1c(Cl)cccc1Nc1nnc(SCc2nnc(C(=O)Nc3ccc(F)cc3)s2)s1. The van der Waals surface area contributed by atoms with Gasteiger partial charge in [0.05, 0.1) is 5.75 Å². The van der Waals surface area contributed by atoms with Crippen LogP contribution in [0.15, 0.2) is 46.8 Å². The maximum atomic E-state index is 13.0. The maximum absolute atomic E-state index is 13.0. The number of benzene rings is 2. The minimum absolute atomic E-state index is 0.232. The lowest BCUT2D eigenvalue weighted by Gasteiger charge is -2.06. The van der Waals surface area contributed by atoms with Crippen LogP contribution in [0, 0.1) is 12.7 Å². The predicted molar refractivity (Wildman–Crippen MR) is 123 cm³/mol. The number of carbonyl (C=O) groups is 1. The highest BCUT2D eigenvalue weighted by Gasteiger charge is 2.15. The third kappa shape index (κ3) is 5.56. The fourth-order valence-corrected chi connectivity index (χ4v) is 5.08. The topological polar surface area (TPSA) is 92.7 Å². The molecule has 7 nitrogen and oxygen atoms in total. The first kappa shape index (κ1) is 21.6. The molecule has 31 heavy (non-hydrogen) atoms. The Morgan fingerprint density at radius 3 is 2.71 bits per heavy atom. The molecule has 0 saturated carbocycles. The third-order valence-corrected chi connectivity index (χ3v) is 7.50. The Balaban J connectivity index is 1.33. The average molecular weight is 493 g/mol. The Morgan fingerprint density at radius 2 is 1.90 bits per heavy atom. The highest BCUT2D eigenvalue weighted by Crippen LogP contribution is 2.32. The van der Waals surface area contributed by atoms with Gasteiger partial charge in [-0.25, -0.2) is 4.39 Å². The van der Waals surface area contributed by atoms with Crippen LogP contribution in [0.2, 0.25) is 5.02 Å². The molecular weight excluding hydrogens is 479 g/mol. The lowest BCUT2D eigenvalue weighted by Crippen LogP contribution is -2.11. The molecule has 158 valence electrons. The first-order valence-corrected chi connectivity index (χ1v) is 11.9. The smallest absolute Gasteiger partial charge is 0.286 e. The van der Waals surface area contributed by atoms with E-state index in [4.69, 9.17) is 11.6 Å². The zero-order valence-electron chi connectivity index (χ0n) is 15.9. The van der Waals surface area contributed by atoms with Crippen LogP contribution < -0.4 is 10.6 Å². The van der Waals surface area contributed by atoms with Gasteiger partial charge in [0.1, 0.15) is 10.8 Å². The zero-order chi connectivity index (χ0) is 21.8.